The van der Waals surface area contributed by atoms with Crippen LogP contribution in [-0.2, 0) is 4.79 Å². The number of nitrogens with zero attached hydrogens (tertiary/aromatic N) is 1. The van der Waals surface area contributed by atoms with Crippen molar-refractivity contribution in [1.82, 2.24) is 10.2 Å². The second kappa shape index (κ2) is 7.38. The molecule has 2 aromatic carbocycles. The zero-order valence-corrected chi connectivity index (χ0v) is 16.5. The summed E-state index contributed by atoms with van der Waals surface area (Å²) in [5.74, 6) is -0.742. The Bertz CT molecular complexity index is 1050. The van der Waals surface area contributed by atoms with Crippen LogP contribution in [0.5, 0.6) is 5.75 Å². The summed E-state index contributed by atoms with van der Waals surface area (Å²) in [5.41, 5.74) is 1.41. The first-order chi connectivity index (χ1) is 13.4. The molecule has 0 aliphatic carbocycles. The molecule has 0 spiro atoms. The summed E-state index contributed by atoms with van der Waals surface area (Å²) in [4.78, 5) is 37.9. The number of fused-ring (bicyclic) bond motifs is 1. The molecule has 1 saturated heterocycles. The number of ether oxygens (including phenoxy) is 1. The van der Waals surface area contributed by atoms with Gasteiger partial charge in [-0.2, -0.15) is 0 Å². The van der Waals surface area contributed by atoms with E-state index in [1.54, 1.807) is 48.5 Å². The number of carbonyl (C=O) groups is 3. The molecule has 0 saturated carbocycles. The summed E-state index contributed by atoms with van der Waals surface area (Å²) < 4.78 is 5.99. The van der Waals surface area contributed by atoms with Gasteiger partial charge in [0.15, 0.2) is 6.73 Å². The third-order valence-corrected chi connectivity index (χ3v) is 5.58. The molecular weight excluding hydrogens is 420 g/mol. The highest BCUT2D eigenvalue weighted by Crippen LogP contribution is 2.30. The van der Waals surface area contributed by atoms with Gasteiger partial charge in [-0.15, -0.1) is 0 Å². The quantitative estimate of drug-likeness (QED) is 0.455. The maximum Gasteiger partial charge on any atom is 0.264 e. The van der Waals surface area contributed by atoms with Gasteiger partial charge in [-0.25, -0.2) is 4.90 Å². The molecule has 2 aliphatic heterocycles. The van der Waals surface area contributed by atoms with Gasteiger partial charge < -0.3 is 10.1 Å². The van der Waals surface area contributed by atoms with Crippen LogP contribution in [0, 0.1) is 0 Å². The number of thioether (sulfide) groups is 1. The maximum atomic E-state index is 12.4. The standard InChI is InChI=1S/C19H11ClN2O4S2/c20-13-7-10(8-15-16(23)21-19(27)28-15)5-6-14(13)26-9-22-17(24)11-3-1-2-4-12(11)18(22)25/h1-8H,9H2,(H,21,23,27)/b15-8-. The van der Waals surface area contributed by atoms with Crippen LogP contribution in [0.15, 0.2) is 47.4 Å². The zero-order chi connectivity index (χ0) is 19.8. The van der Waals surface area contributed by atoms with Crippen LogP contribution >= 0.6 is 35.6 Å². The van der Waals surface area contributed by atoms with E-state index in [4.69, 9.17) is 28.6 Å². The van der Waals surface area contributed by atoms with E-state index < -0.39 is 11.8 Å². The van der Waals surface area contributed by atoms with Gasteiger partial charge in [0.05, 0.1) is 21.1 Å². The van der Waals surface area contributed by atoms with Crippen molar-refractivity contribution in [2.24, 2.45) is 0 Å². The Morgan fingerprint density at radius 3 is 2.36 bits per heavy atom. The van der Waals surface area contributed by atoms with Crippen LogP contribution in [0.25, 0.3) is 6.08 Å². The van der Waals surface area contributed by atoms with E-state index in [-0.39, 0.29) is 17.7 Å². The minimum atomic E-state index is -0.404. The van der Waals surface area contributed by atoms with Crippen LogP contribution < -0.4 is 10.1 Å². The topological polar surface area (TPSA) is 75.7 Å². The third-order valence-electron chi connectivity index (χ3n) is 4.12. The lowest BCUT2D eigenvalue weighted by molar-refractivity contribution is -0.115. The Morgan fingerprint density at radius 1 is 1.11 bits per heavy atom. The van der Waals surface area contributed by atoms with Crippen molar-refractivity contribution in [3.63, 3.8) is 0 Å². The average molecular weight is 431 g/mol. The third kappa shape index (κ3) is 3.42. The number of rotatable bonds is 4. The van der Waals surface area contributed by atoms with Gasteiger partial charge in [-0.1, -0.05) is 53.8 Å². The van der Waals surface area contributed by atoms with E-state index in [0.717, 1.165) is 4.90 Å². The van der Waals surface area contributed by atoms with Gasteiger partial charge in [0.1, 0.15) is 10.1 Å². The van der Waals surface area contributed by atoms with Crippen molar-refractivity contribution >= 4 is 63.7 Å². The number of carbonyl (C=O) groups excluding carboxylic acids is 3. The number of nitrogens with one attached hydrogen (secondary N) is 1. The number of benzene rings is 2. The summed E-state index contributed by atoms with van der Waals surface area (Å²) in [6, 6.07) is 11.6. The molecule has 0 unspecified atom stereocenters. The molecule has 9 heteroatoms. The van der Waals surface area contributed by atoms with Crippen molar-refractivity contribution in [2.45, 2.75) is 0 Å². The molecule has 4 rings (SSSR count). The van der Waals surface area contributed by atoms with E-state index in [1.165, 1.54) is 11.8 Å². The van der Waals surface area contributed by atoms with Gasteiger partial charge in [0, 0.05) is 0 Å². The summed E-state index contributed by atoms with van der Waals surface area (Å²) in [6.07, 6.45) is 1.67. The molecule has 3 amide bonds. The molecule has 6 nitrogen and oxygen atoms in total. The smallest absolute Gasteiger partial charge is 0.264 e. The Kier molecular flexibility index (Phi) is 4.92. The van der Waals surface area contributed by atoms with Crippen molar-refractivity contribution in [3.05, 3.63) is 69.1 Å². The lowest BCUT2D eigenvalue weighted by Crippen LogP contribution is -2.33. The van der Waals surface area contributed by atoms with Gasteiger partial charge in [0.2, 0.25) is 0 Å². The summed E-state index contributed by atoms with van der Waals surface area (Å²) in [5, 5.41) is 2.83. The Hall–Kier alpha value is -2.68. The van der Waals surface area contributed by atoms with Crippen LogP contribution in [0.1, 0.15) is 26.3 Å². The lowest BCUT2D eigenvalue weighted by Gasteiger charge is -2.15. The summed E-state index contributed by atoms with van der Waals surface area (Å²) in [7, 11) is 0. The highest BCUT2D eigenvalue weighted by atomic mass is 35.5. The fourth-order valence-electron chi connectivity index (χ4n) is 2.79. The van der Waals surface area contributed by atoms with E-state index in [9.17, 15) is 14.4 Å². The number of imide groups is 1. The molecule has 28 heavy (non-hydrogen) atoms. The molecule has 0 radical (unpaired) electrons. The molecule has 0 aromatic heterocycles. The second-order valence-corrected chi connectivity index (χ2v) is 8.03. The lowest BCUT2D eigenvalue weighted by atomic mass is 10.1. The molecule has 2 aromatic rings. The highest BCUT2D eigenvalue weighted by molar-refractivity contribution is 8.26. The van der Waals surface area contributed by atoms with Crippen LogP contribution in [0.3, 0.4) is 0 Å². The number of thiocarbonyl (C=S) groups is 1. The fraction of sp³-hybridized carbons (Fsp3) is 0.0526. The number of hydrogen-bond donors (Lipinski definition) is 1. The summed E-state index contributed by atoms with van der Waals surface area (Å²) in [6.45, 7) is -0.251. The molecule has 1 fully saturated rings. The first kappa shape index (κ1) is 18.7. The molecule has 0 bridgehead atoms. The molecule has 0 atom stereocenters. The summed E-state index contributed by atoms with van der Waals surface area (Å²) >= 11 is 12.4. The van der Waals surface area contributed by atoms with Gasteiger partial charge >= 0.3 is 0 Å². The predicted octanol–water partition coefficient (Wildman–Crippen LogP) is 3.46. The molecule has 2 aliphatic rings. The van der Waals surface area contributed by atoms with E-state index in [2.05, 4.69) is 5.32 Å². The van der Waals surface area contributed by atoms with Crippen LogP contribution in [0.4, 0.5) is 0 Å². The first-order valence-electron chi connectivity index (χ1n) is 8.06. The first-order valence-corrected chi connectivity index (χ1v) is 9.67. The van der Waals surface area contributed by atoms with Crippen LogP contribution in [0.2, 0.25) is 5.02 Å². The van der Waals surface area contributed by atoms with E-state index in [0.29, 0.717) is 31.7 Å². The monoisotopic (exact) mass is 430 g/mol. The zero-order valence-electron chi connectivity index (χ0n) is 14.1. The van der Waals surface area contributed by atoms with E-state index in [1.807, 2.05) is 0 Å². The fourth-order valence-corrected chi connectivity index (χ4v) is 4.07. The van der Waals surface area contributed by atoms with Gasteiger partial charge in [-0.3, -0.25) is 14.4 Å². The normalized spacial score (nSPS) is 17.3. The molecule has 2 heterocycles. The van der Waals surface area contributed by atoms with Gasteiger partial charge in [0.25, 0.3) is 17.7 Å². The minimum absolute atomic E-state index is 0.251. The predicted molar refractivity (Wildman–Crippen MR) is 110 cm³/mol. The number of amides is 3. The highest BCUT2D eigenvalue weighted by Gasteiger charge is 2.35. The maximum absolute atomic E-state index is 12.4. The Morgan fingerprint density at radius 2 is 1.79 bits per heavy atom. The minimum Gasteiger partial charge on any atom is -0.471 e. The largest absolute Gasteiger partial charge is 0.471 e. The van der Waals surface area contributed by atoms with Crippen molar-refractivity contribution < 1.29 is 19.1 Å². The number of hydrogen-bond acceptors (Lipinski definition) is 6. The Balaban J connectivity index is 1.47. The van der Waals surface area contributed by atoms with E-state index >= 15 is 0 Å². The second-order valence-electron chi connectivity index (χ2n) is 5.90. The average Bonchev–Trinajstić information content (AvgIpc) is 3.11. The van der Waals surface area contributed by atoms with Crippen molar-refractivity contribution in [3.8, 4) is 5.75 Å². The SMILES string of the molecule is O=C1NC(=S)S/C1=C\c1ccc(OCN2C(=O)c3ccccc3C2=O)c(Cl)c1. The van der Waals surface area contributed by atoms with Gasteiger partial charge in [-0.05, 0) is 35.9 Å². The Labute approximate surface area is 174 Å². The molecular formula is C19H11ClN2O4S2. The van der Waals surface area contributed by atoms with Crippen molar-refractivity contribution in [2.75, 3.05) is 6.73 Å². The number of halogens is 1. The molecule has 1 N–H and O–H groups in total. The molecule has 140 valence electrons. The van der Waals surface area contributed by atoms with Crippen molar-refractivity contribution in [1.29, 1.82) is 0 Å². The van der Waals surface area contributed by atoms with Crippen LogP contribution in [-0.4, -0.2) is 33.7 Å².